The van der Waals surface area contributed by atoms with E-state index >= 15 is 0 Å². The van der Waals surface area contributed by atoms with Crippen LogP contribution in [0.1, 0.15) is 30.9 Å². The summed E-state index contributed by atoms with van der Waals surface area (Å²) in [6.07, 6.45) is 3.77. The first-order chi connectivity index (χ1) is 11.7. The number of Topliss-reactive ketones (excluding diaryl/α,β-unsaturated/α-hetero) is 1. The molecule has 0 radical (unpaired) electrons. The fraction of sp³-hybridized carbons (Fsp3) is 0.353. The number of fused-ring (bicyclic) bond motifs is 1. The van der Waals surface area contributed by atoms with Gasteiger partial charge < -0.3 is 14.8 Å². The molecule has 0 fully saturated rings. The van der Waals surface area contributed by atoms with E-state index in [0.29, 0.717) is 23.9 Å². The van der Waals surface area contributed by atoms with Crippen LogP contribution in [0.15, 0.2) is 35.8 Å². The van der Waals surface area contributed by atoms with Crippen LogP contribution in [0.25, 0.3) is 0 Å². The summed E-state index contributed by atoms with van der Waals surface area (Å²) >= 11 is 0. The number of benzene rings is 1. The third-order valence-electron chi connectivity index (χ3n) is 4.53. The first-order valence-corrected chi connectivity index (χ1v) is 7.87. The van der Waals surface area contributed by atoms with E-state index < -0.39 is 0 Å². The molecule has 1 atom stereocenters. The van der Waals surface area contributed by atoms with E-state index in [9.17, 15) is 4.79 Å². The third-order valence-corrected chi connectivity index (χ3v) is 4.53. The van der Waals surface area contributed by atoms with Crippen molar-refractivity contribution in [2.45, 2.75) is 25.3 Å². The number of carbonyl (C=O) groups excluding carboxylic acids is 1. The molecule has 1 aromatic heterocycles. The summed E-state index contributed by atoms with van der Waals surface area (Å²) in [5, 5.41) is 7.58. The molecule has 0 saturated carbocycles. The summed E-state index contributed by atoms with van der Waals surface area (Å²) in [4.78, 5) is 16.9. The first-order valence-electron chi connectivity index (χ1n) is 7.87. The second-order valence-electron chi connectivity index (χ2n) is 5.84. The largest absolute Gasteiger partial charge is 0.493 e. The van der Waals surface area contributed by atoms with Gasteiger partial charge in [0, 0.05) is 17.7 Å². The van der Waals surface area contributed by atoms with Crippen LogP contribution in [-0.4, -0.2) is 34.8 Å². The van der Waals surface area contributed by atoms with Crippen molar-refractivity contribution in [3.05, 3.63) is 41.4 Å². The number of methoxy groups -OCH3 is 2. The van der Waals surface area contributed by atoms with Gasteiger partial charge in [0.25, 0.3) is 0 Å². The van der Waals surface area contributed by atoms with Crippen molar-refractivity contribution < 1.29 is 14.3 Å². The zero-order valence-electron chi connectivity index (χ0n) is 13.6. The van der Waals surface area contributed by atoms with Crippen LogP contribution in [-0.2, 0) is 4.79 Å². The Morgan fingerprint density at radius 1 is 1.21 bits per heavy atom. The van der Waals surface area contributed by atoms with Gasteiger partial charge in [-0.25, -0.2) is 4.68 Å². The second-order valence-corrected chi connectivity index (χ2v) is 5.84. The average Bonchev–Trinajstić information content (AvgIpc) is 3.07. The number of hydrogen-bond donors (Lipinski definition) is 1. The minimum atomic E-state index is -0.300. The lowest BCUT2D eigenvalue weighted by Crippen LogP contribution is -2.31. The van der Waals surface area contributed by atoms with Gasteiger partial charge >= 0.3 is 0 Å². The van der Waals surface area contributed by atoms with Crippen LogP contribution in [0.5, 0.6) is 11.5 Å². The number of ketones is 1. The van der Waals surface area contributed by atoms with Crippen LogP contribution in [0, 0.1) is 0 Å². The lowest BCUT2D eigenvalue weighted by molar-refractivity contribution is -0.116. The summed E-state index contributed by atoms with van der Waals surface area (Å²) in [6, 6.07) is 5.38. The maximum Gasteiger partial charge on any atom is 0.226 e. The van der Waals surface area contributed by atoms with Crippen molar-refractivity contribution in [1.29, 1.82) is 0 Å². The summed E-state index contributed by atoms with van der Waals surface area (Å²) < 4.78 is 12.5. The van der Waals surface area contributed by atoms with E-state index in [1.165, 1.54) is 6.33 Å². The van der Waals surface area contributed by atoms with Gasteiger partial charge in [-0.2, -0.15) is 10.1 Å². The van der Waals surface area contributed by atoms with E-state index in [-0.39, 0.29) is 11.8 Å². The average molecular weight is 326 g/mol. The number of aromatic nitrogens is 3. The highest BCUT2D eigenvalue weighted by Crippen LogP contribution is 2.41. The maximum atomic E-state index is 12.6. The van der Waals surface area contributed by atoms with Crippen LogP contribution in [0.4, 0.5) is 5.95 Å². The summed E-state index contributed by atoms with van der Waals surface area (Å²) in [7, 11) is 3.20. The van der Waals surface area contributed by atoms with E-state index in [4.69, 9.17) is 9.47 Å². The molecule has 0 amide bonds. The molecular formula is C17H18N4O3. The molecule has 1 aliphatic carbocycles. The van der Waals surface area contributed by atoms with Gasteiger partial charge in [0.1, 0.15) is 12.4 Å². The van der Waals surface area contributed by atoms with Crippen LogP contribution in [0.3, 0.4) is 0 Å². The lowest BCUT2D eigenvalue weighted by Gasteiger charge is -2.32. The Balaban J connectivity index is 1.89. The predicted molar refractivity (Wildman–Crippen MR) is 87.2 cm³/mol. The normalized spacial score (nSPS) is 19.4. The standard InChI is InChI=1S/C17H18N4O3/c1-23-13-7-6-10(8-14(13)24-2)16-15-11(4-3-5-12(15)22)20-17-18-9-19-21(16)17/h6-9,16H,3-5H2,1-2H3,(H,18,19,20)/t16-/m0/s1. The number of ether oxygens (including phenoxy) is 2. The van der Waals surface area contributed by atoms with Crippen molar-refractivity contribution in [2.24, 2.45) is 0 Å². The number of hydrogen-bond acceptors (Lipinski definition) is 6. The third kappa shape index (κ3) is 2.16. The fourth-order valence-corrected chi connectivity index (χ4v) is 3.43. The van der Waals surface area contributed by atoms with Crippen molar-refractivity contribution in [3.63, 3.8) is 0 Å². The Bertz CT molecular complexity index is 840. The second kappa shape index (κ2) is 5.67. The van der Waals surface area contributed by atoms with E-state index in [1.807, 2.05) is 18.2 Å². The van der Waals surface area contributed by atoms with Gasteiger partial charge in [0.05, 0.1) is 14.2 Å². The summed E-state index contributed by atoms with van der Waals surface area (Å²) in [5.74, 6) is 2.09. The van der Waals surface area contributed by atoms with Gasteiger partial charge in [-0.1, -0.05) is 6.07 Å². The van der Waals surface area contributed by atoms with Gasteiger partial charge in [-0.05, 0) is 30.5 Å². The Morgan fingerprint density at radius 3 is 2.83 bits per heavy atom. The topological polar surface area (TPSA) is 78.3 Å². The van der Waals surface area contributed by atoms with Crippen molar-refractivity contribution in [2.75, 3.05) is 19.5 Å². The van der Waals surface area contributed by atoms with Crippen LogP contribution >= 0.6 is 0 Å². The minimum absolute atomic E-state index is 0.157. The maximum absolute atomic E-state index is 12.6. The highest BCUT2D eigenvalue weighted by Gasteiger charge is 2.36. The fourth-order valence-electron chi connectivity index (χ4n) is 3.43. The molecule has 0 unspecified atom stereocenters. The molecule has 1 aliphatic heterocycles. The van der Waals surface area contributed by atoms with Gasteiger partial charge in [0.15, 0.2) is 17.3 Å². The molecule has 124 valence electrons. The number of carbonyl (C=O) groups is 1. The minimum Gasteiger partial charge on any atom is -0.493 e. The first kappa shape index (κ1) is 14.7. The summed E-state index contributed by atoms with van der Waals surface area (Å²) in [6.45, 7) is 0. The zero-order chi connectivity index (χ0) is 16.7. The summed E-state index contributed by atoms with van der Waals surface area (Å²) in [5.41, 5.74) is 2.64. The monoisotopic (exact) mass is 326 g/mol. The number of nitrogens with one attached hydrogen (secondary N) is 1. The van der Waals surface area contributed by atoms with Crippen LogP contribution in [0.2, 0.25) is 0 Å². The quantitative estimate of drug-likeness (QED) is 0.932. The van der Waals surface area contributed by atoms with Gasteiger partial charge in [-0.3, -0.25) is 4.79 Å². The molecule has 0 spiro atoms. The van der Waals surface area contributed by atoms with Crippen LogP contribution < -0.4 is 14.8 Å². The Morgan fingerprint density at radius 2 is 2.04 bits per heavy atom. The number of rotatable bonds is 3. The van der Waals surface area contributed by atoms with Crippen molar-refractivity contribution in [1.82, 2.24) is 14.8 Å². The predicted octanol–water partition coefficient (Wildman–Crippen LogP) is 2.32. The molecule has 7 heteroatoms. The Hall–Kier alpha value is -2.83. The van der Waals surface area contributed by atoms with Crippen molar-refractivity contribution >= 4 is 11.7 Å². The molecule has 1 aromatic carbocycles. The number of allylic oxidation sites excluding steroid dienone is 2. The Labute approximate surface area is 139 Å². The molecule has 7 nitrogen and oxygen atoms in total. The lowest BCUT2D eigenvalue weighted by atomic mass is 9.85. The highest BCUT2D eigenvalue weighted by molar-refractivity contribution is 5.99. The molecule has 24 heavy (non-hydrogen) atoms. The molecule has 4 rings (SSSR count). The van der Waals surface area contributed by atoms with Crippen molar-refractivity contribution in [3.8, 4) is 11.5 Å². The molecule has 2 aliphatic rings. The van der Waals surface area contributed by atoms with Gasteiger partial charge in [-0.15, -0.1) is 0 Å². The Kier molecular flexibility index (Phi) is 3.48. The smallest absolute Gasteiger partial charge is 0.226 e. The molecule has 0 saturated heterocycles. The van der Waals surface area contributed by atoms with E-state index in [0.717, 1.165) is 29.7 Å². The number of anilines is 1. The molecular weight excluding hydrogens is 308 g/mol. The SMILES string of the molecule is COc1ccc([C@H]2C3=C(CCCC3=O)Nc3ncnn32)cc1OC. The van der Waals surface area contributed by atoms with E-state index in [1.54, 1.807) is 18.9 Å². The highest BCUT2D eigenvalue weighted by atomic mass is 16.5. The molecule has 2 heterocycles. The molecule has 1 N–H and O–H groups in total. The number of nitrogens with zero attached hydrogens (tertiary/aromatic N) is 3. The zero-order valence-corrected chi connectivity index (χ0v) is 13.6. The van der Waals surface area contributed by atoms with E-state index in [2.05, 4.69) is 15.4 Å². The van der Waals surface area contributed by atoms with Gasteiger partial charge in [0.2, 0.25) is 5.95 Å². The molecule has 0 bridgehead atoms. The molecule has 2 aromatic rings.